The molecule has 1 aliphatic heterocycles. The van der Waals surface area contributed by atoms with Crippen LogP contribution in [0.2, 0.25) is 5.02 Å². The molecule has 1 unspecified atom stereocenters. The topological polar surface area (TPSA) is 67.9 Å². The predicted molar refractivity (Wildman–Crippen MR) is 113 cm³/mol. The minimum atomic E-state index is -0.393. The highest BCUT2D eigenvalue weighted by atomic mass is 35.5. The maximum absolute atomic E-state index is 12.6. The van der Waals surface area contributed by atoms with E-state index in [9.17, 15) is 9.59 Å². The quantitative estimate of drug-likeness (QED) is 0.710. The van der Waals surface area contributed by atoms with Crippen molar-refractivity contribution in [3.8, 4) is 11.5 Å². The lowest BCUT2D eigenvalue weighted by atomic mass is 10.1. The van der Waals surface area contributed by atoms with Gasteiger partial charge in [0.25, 0.3) is 0 Å². The molecule has 1 fully saturated rings. The Morgan fingerprint density at radius 2 is 2.07 bits per heavy atom. The van der Waals surface area contributed by atoms with E-state index in [1.807, 2.05) is 31.2 Å². The number of nitrogens with one attached hydrogen (secondary N) is 1. The lowest BCUT2D eigenvalue weighted by Gasteiger charge is -2.17. The van der Waals surface area contributed by atoms with Gasteiger partial charge in [-0.05, 0) is 42.3 Å². The van der Waals surface area contributed by atoms with E-state index in [0.29, 0.717) is 41.9 Å². The van der Waals surface area contributed by atoms with Crippen LogP contribution in [0.4, 0.5) is 5.69 Å². The summed E-state index contributed by atoms with van der Waals surface area (Å²) in [5, 5.41) is 3.48. The molecule has 2 aromatic carbocycles. The summed E-state index contributed by atoms with van der Waals surface area (Å²) in [5.74, 6) is 0.701. The molecule has 6 nitrogen and oxygen atoms in total. The van der Waals surface area contributed by atoms with E-state index in [4.69, 9.17) is 21.1 Å². The van der Waals surface area contributed by atoms with E-state index in [2.05, 4.69) is 5.32 Å². The van der Waals surface area contributed by atoms with Gasteiger partial charge in [0.15, 0.2) is 11.5 Å². The molecule has 29 heavy (non-hydrogen) atoms. The number of carbonyl (C=O) groups excluding carboxylic acids is 2. The fourth-order valence-corrected chi connectivity index (χ4v) is 3.45. The third-order valence-corrected chi connectivity index (χ3v) is 5.01. The van der Waals surface area contributed by atoms with Gasteiger partial charge in [-0.25, -0.2) is 0 Å². The predicted octanol–water partition coefficient (Wildman–Crippen LogP) is 3.81. The van der Waals surface area contributed by atoms with Gasteiger partial charge in [0.2, 0.25) is 11.8 Å². The number of methoxy groups -OCH3 is 1. The average Bonchev–Trinajstić information content (AvgIpc) is 3.12. The SMILES string of the molecule is CCCOc1ccc(CNC(=O)C2CC(=O)N(c3cccc(Cl)c3)C2)cc1OC. The van der Waals surface area contributed by atoms with Crippen molar-refractivity contribution in [2.24, 2.45) is 5.92 Å². The molecule has 154 valence electrons. The summed E-state index contributed by atoms with van der Waals surface area (Å²) in [6.45, 7) is 3.35. The molecule has 0 saturated carbocycles. The van der Waals surface area contributed by atoms with E-state index in [1.54, 1.807) is 30.2 Å². The summed E-state index contributed by atoms with van der Waals surface area (Å²) in [6, 6.07) is 12.7. The first-order chi connectivity index (χ1) is 14.0. The number of amides is 2. The Morgan fingerprint density at radius 3 is 2.79 bits per heavy atom. The summed E-state index contributed by atoms with van der Waals surface area (Å²) in [5.41, 5.74) is 1.61. The molecular weight excluding hydrogens is 392 g/mol. The van der Waals surface area contributed by atoms with Gasteiger partial charge in [0, 0.05) is 30.2 Å². The second-order valence-electron chi connectivity index (χ2n) is 6.94. The zero-order chi connectivity index (χ0) is 20.8. The number of hydrogen-bond acceptors (Lipinski definition) is 4. The van der Waals surface area contributed by atoms with Gasteiger partial charge in [0.05, 0.1) is 19.6 Å². The first-order valence-corrected chi connectivity index (χ1v) is 10.0. The number of anilines is 1. The van der Waals surface area contributed by atoms with Crippen molar-refractivity contribution in [3.05, 3.63) is 53.1 Å². The molecule has 0 bridgehead atoms. The van der Waals surface area contributed by atoms with E-state index in [-0.39, 0.29) is 18.2 Å². The minimum absolute atomic E-state index is 0.0773. The molecule has 1 aliphatic rings. The molecule has 1 heterocycles. The van der Waals surface area contributed by atoms with Crippen LogP contribution in [0.3, 0.4) is 0 Å². The lowest BCUT2D eigenvalue weighted by Crippen LogP contribution is -2.32. The minimum Gasteiger partial charge on any atom is -0.493 e. The van der Waals surface area contributed by atoms with Gasteiger partial charge in [-0.2, -0.15) is 0 Å². The molecule has 3 rings (SSSR count). The zero-order valence-electron chi connectivity index (χ0n) is 16.6. The third kappa shape index (κ3) is 5.21. The Balaban J connectivity index is 1.59. The standard InChI is InChI=1S/C22H25ClN2O4/c1-3-9-29-19-8-7-15(10-20(19)28-2)13-24-22(27)16-11-21(26)25(14-16)18-6-4-5-17(23)12-18/h4-8,10,12,16H,3,9,11,13-14H2,1-2H3,(H,24,27). The van der Waals surface area contributed by atoms with Crippen molar-refractivity contribution >= 4 is 29.1 Å². The van der Waals surface area contributed by atoms with Crippen molar-refractivity contribution in [1.29, 1.82) is 0 Å². The molecule has 1 saturated heterocycles. The van der Waals surface area contributed by atoms with E-state index < -0.39 is 5.92 Å². The van der Waals surface area contributed by atoms with Gasteiger partial charge in [-0.15, -0.1) is 0 Å². The van der Waals surface area contributed by atoms with Crippen molar-refractivity contribution in [1.82, 2.24) is 5.32 Å². The van der Waals surface area contributed by atoms with Crippen molar-refractivity contribution in [3.63, 3.8) is 0 Å². The van der Waals surface area contributed by atoms with Crippen LogP contribution in [0, 0.1) is 5.92 Å². The molecule has 0 spiro atoms. The Bertz CT molecular complexity index is 887. The number of carbonyl (C=O) groups is 2. The number of rotatable bonds is 8. The maximum Gasteiger partial charge on any atom is 0.227 e. The normalized spacial score (nSPS) is 16.0. The van der Waals surface area contributed by atoms with Crippen molar-refractivity contribution < 1.29 is 19.1 Å². The van der Waals surface area contributed by atoms with Gasteiger partial charge < -0.3 is 19.7 Å². The van der Waals surface area contributed by atoms with Crippen LogP contribution in [0.1, 0.15) is 25.3 Å². The van der Waals surface area contributed by atoms with Gasteiger partial charge in [-0.1, -0.05) is 30.7 Å². The highest BCUT2D eigenvalue weighted by Gasteiger charge is 2.35. The number of benzene rings is 2. The van der Waals surface area contributed by atoms with Crippen molar-refractivity contribution in [2.75, 3.05) is 25.2 Å². The Hall–Kier alpha value is -2.73. The summed E-state index contributed by atoms with van der Waals surface area (Å²) < 4.78 is 11.0. The molecular formula is C22H25ClN2O4. The largest absolute Gasteiger partial charge is 0.493 e. The molecule has 2 aromatic rings. The Labute approximate surface area is 175 Å². The number of ether oxygens (including phenoxy) is 2. The van der Waals surface area contributed by atoms with Gasteiger partial charge in [-0.3, -0.25) is 9.59 Å². The second-order valence-corrected chi connectivity index (χ2v) is 7.37. The third-order valence-electron chi connectivity index (χ3n) is 4.77. The van der Waals surface area contributed by atoms with E-state index in [0.717, 1.165) is 12.0 Å². The van der Waals surface area contributed by atoms with Gasteiger partial charge in [0.1, 0.15) is 0 Å². The Morgan fingerprint density at radius 1 is 1.24 bits per heavy atom. The van der Waals surface area contributed by atoms with Crippen LogP contribution >= 0.6 is 11.6 Å². The fourth-order valence-electron chi connectivity index (χ4n) is 3.26. The molecule has 2 amide bonds. The van der Waals surface area contributed by atoms with Crippen LogP contribution in [0.15, 0.2) is 42.5 Å². The second kappa shape index (κ2) is 9.65. The molecule has 0 aliphatic carbocycles. The number of hydrogen-bond donors (Lipinski definition) is 1. The molecule has 1 N–H and O–H groups in total. The smallest absolute Gasteiger partial charge is 0.227 e. The molecule has 0 aromatic heterocycles. The van der Waals surface area contributed by atoms with E-state index in [1.165, 1.54) is 0 Å². The zero-order valence-corrected chi connectivity index (χ0v) is 17.4. The lowest BCUT2D eigenvalue weighted by molar-refractivity contribution is -0.126. The van der Waals surface area contributed by atoms with Crippen molar-refractivity contribution in [2.45, 2.75) is 26.3 Å². The van der Waals surface area contributed by atoms with Crippen LogP contribution < -0.4 is 19.7 Å². The highest BCUT2D eigenvalue weighted by molar-refractivity contribution is 6.31. The summed E-state index contributed by atoms with van der Waals surface area (Å²) in [7, 11) is 1.59. The first-order valence-electron chi connectivity index (χ1n) is 9.65. The van der Waals surface area contributed by atoms with Gasteiger partial charge >= 0.3 is 0 Å². The summed E-state index contributed by atoms with van der Waals surface area (Å²) >= 11 is 6.01. The molecule has 0 radical (unpaired) electrons. The van der Waals surface area contributed by atoms with Crippen LogP contribution in [-0.4, -0.2) is 32.1 Å². The van der Waals surface area contributed by atoms with Crippen LogP contribution in [0.5, 0.6) is 11.5 Å². The molecule has 1 atom stereocenters. The highest BCUT2D eigenvalue weighted by Crippen LogP contribution is 2.29. The number of nitrogens with zero attached hydrogens (tertiary/aromatic N) is 1. The first kappa shape index (κ1) is 21.0. The summed E-state index contributed by atoms with van der Waals surface area (Å²) in [4.78, 5) is 26.6. The fraction of sp³-hybridized carbons (Fsp3) is 0.364. The number of halogens is 1. The van der Waals surface area contributed by atoms with E-state index >= 15 is 0 Å². The van der Waals surface area contributed by atoms with Crippen LogP contribution in [0.25, 0.3) is 0 Å². The average molecular weight is 417 g/mol. The van der Waals surface area contributed by atoms with Crippen LogP contribution in [-0.2, 0) is 16.1 Å². The molecule has 7 heteroatoms. The summed E-state index contributed by atoms with van der Waals surface area (Å²) in [6.07, 6.45) is 1.10. The Kier molecular flexibility index (Phi) is 6.99. The monoisotopic (exact) mass is 416 g/mol. The maximum atomic E-state index is 12.6.